The van der Waals surface area contributed by atoms with Gasteiger partial charge >= 0.3 is 25.7 Å². The van der Waals surface area contributed by atoms with E-state index in [4.69, 9.17) is 24.8 Å². The molecule has 0 rings (SSSR count). The summed E-state index contributed by atoms with van der Waals surface area (Å²) >= 11 is 0. The van der Waals surface area contributed by atoms with Gasteiger partial charge in [0, 0.05) is 12.8 Å². The van der Waals surface area contributed by atoms with E-state index in [0.717, 1.165) is 83.5 Å². The van der Waals surface area contributed by atoms with Gasteiger partial charge in [-0.15, -0.1) is 0 Å². The van der Waals surface area contributed by atoms with Crippen LogP contribution in [0.25, 0.3) is 0 Å². The van der Waals surface area contributed by atoms with E-state index >= 15 is 0 Å². The van der Waals surface area contributed by atoms with E-state index in [2.05, 4.69) is 79.1 Å². The molecule has 2 unspecified atom stereocenters. The Balaban J connectivity index is 4.59. The van der Waals surface area contributed by atoms with Crippen LogP contribution in [0.15, 0.2) is 97.2 Å². The first-order valence-corrected chi connectivity index (χ1v) is 23.9. The van der Waals surface area contributed by atoms with Crippen molar-refractivity contribution in [1.82, 2.24) is 0 Å². The molecular formula is C48H78NO11P. The number of nitrogens with two attached hydrogens (primary N) is 1. The molecule has 13 heteroatoms. The van der Waals surface area contributed by atoms with Gasteiger partial charge in [0.15, 0.2) is 6.10 Å². The maximum absolute atomic E-state index is 12.6. The predicted molar refractivity (Wildman–Crippen MR) is 246 cm³/mol. The molecule has 61 heavy (non-hydrogen) atoms. The van der Waals surface area contributed by atoms with Gasteiger partial charge in [-0.3, -0.25) is 23.4 Å². The van der Waals surface area contributed by atoms with Gasteiger partial charge in [-0.25, -0.2) is 4.57 Å². The van der Waals surface area contributed by atoms with Crippen LogP contribution in [0.2, 0.25) is 0 Å². The molecule has 5 N–H and O–H groups in total. The number of phosphoric ester groups is 1. The number of rotatable bonds is 40. The lowest BCUT2D eigenvalue weighted by molar-refractivity contribution is -0.161. The molecule has 0 aromatic carbocycles. The number of aliphatic hydroxyl groups is 1. The summed E-state index contributed by atoms with van der Waals surface area (Å²) in [6.07, 6.45) is 49.3. The van der Waals surface area contributed by atoms with Crippen LogP contribution >= 0.6 is 7.82 Å². The highest BCUT2D eigenvalue weighted by Crippen LogP contribution is 2.43. The molecule has 0 aliphatic rings. The topological polar surface area (TPSA) is 192 Å². The Morgan fingerprint density at radius 2 is 1.15 bits per heavy atom. The van der Waals surface area contributed by atoms with Crippen molar-refractivity contribution in [2.24, 2.45) is 5.73 Å². The zero-order valence-electron chi connectivity index (χ0n) is 37.1. The Kier molecular flexibility index (Phi) is 39.2. The molecule has 0 heterocycles. The number of phosphoric acid groups is 1. The standard InChI is InChI=1S/C48H78NO11P/c1-3-5-7-9-11-13-15-17-18-19-20-22-24-26-28-30-34-39-47(52)60-44(41-58-61(55,56)59-42-45(49)48(53)54)40-57-46(51)38-35-31-33-37-43(50)36-32-29-27-25-23-21-16-14-12-10-8-6-4-2/h6,8,11-14,17-18,21,23,27,29,31-33,36,43-45,50H,3-5,7,9-10,15-16,19-20,22,24-26,28,30,34-35,37-42,49H2,1-2H3,(H,53,54)(H,55,56)/b8-6-,13-11-,14-12-,18-17-,23-21-,29-27-,33-31-,36-32-/t43?,44-,45+/m1/s1. The molecule has 12 nitrogen and oxygen atoms in total. The molecule has 346 valence electrons. The first-order chi connectivity index (χ1) is 29.5. The van der Waals surface area contributed by atoms with Crippen molar-refractivity contribution < 1.29 is 52.6 Å². The van der Waals surface area contributed by atoms with Gasteiger partial charge in [0.2, 0.25) is 0 Å². The molecule has 0 aliphatic heterocycles. The van der Waals surface area contributed by atoms with Crippen LogP contribution in [0.1, 0.15) is 149 Å². The van der Waals surface area contributed by atoms with Crippen LogP contribution in [-0.2, 0) is 37.5 Å². The van der Waals surface area contributed by atoms with Gasteiger partial charge in [-0.1, -0.05) is 156 Å². The summed E-state index contributed by atoms with van der Waals surface area (Å²) in [4.78, 5) is 46.0. The fourth-order valence-electron chi connectivity index (χ4n) is 5.38. The Hall–Kier alpha value is -3.64. The summed E-state index contributed by atoms with van der Waals surface area (Å²) < 4.78 is 32.6. The molecule has 0 aromatic rings. The Labute approximate surface area is 367 Å². The number of ether oxygens (including phenoxy) is 2. The number of unbranched alkanes of at least 4 members (excludes halogenated alkanes) is 10. The third-order valence-corrected chi connectivity index (χ3v) is 9.86. The lowest BCUT2D eigenvalue weighted by Gasteiger charge is -2.20. The van der Waals surface area contributed by atoms with Crippen LogP contribution < -0.4 is 5.73 Å². The first-order valence-electron chi connectivity index (χ1n) is 22.4. The molecule has 0 fully saturated rings. The maximum Gasteiger partial charge on any atom is 0.472 e. The van der Waals surface area contributed by atoms with Crippen molar-refractivity contribution >= 4 is 25.7 Å². The smallest absolute Gasteiger partial charge is 0.472 e. The van der Waals surface area contributed by atoms with E-state index in [1.807, 2.05) is 12.2 Å². The summed E-state index contributed by atoms with van der Waals surface area (Å²) in [6, 6.07) is -1.55. The van der Waals surface area contributed by atoms with E-state index < -0.39 is 63.8 Å². The molecule has 0 saturated carbocycles. The van der Waals surface area contributed by atoms with Crippen molar-refractivity contribution in [1.29, 1.82) is 0 Å². The monoisotopic (exact) mass is 876 g/mol. The van der Waals surface area contributed by atoms with Gasteiger partial charge < -0.3 is 30.3 Å². The van der Waals surface area contributed by atoms with Crippen LogP contribution in [-0.4, -0.2) is 71.1 Å². The summed E-state index contributed by atoms with van der Waals surface area (Å²) in [7, 11) is -4.77. The van der Waals surface area contributed by atoms with Gasteiger partial charge in [0.1, 0.15) is 12.6 Å². The second kappa shape index (κ2) is 41.7. The number of aliphatic carboxylic acids is 1. The zero-order valence-corrected chi connectivity index (χ0v) is 38.0. The molecule has 0 aliphatic carbocycles. The van der Waals surface area contributed by atoms with E-state index in [1.54, 1.807) is 24.3 Å². The Morgan fingerprint density at radius 3 is 1.77 bits per heavy atom. The van der Waals surface area contributed by atoms with Gasteiger partial charge in [-0.2, -0.15) is 0 Å². The fraction of sp³-hybridized carbons (Fsp3) is 0.604. The molecule has 0 radical (unpaired) electrons. The average molecular weight is 876 g/mol. The predicted octanol–water partition coefficient (Wildman–Crippen LogP) is 11.0. The molecule has 0 saturated heterocycles. The van der Waals surface area contributed by atoms with E-state index in [-0.39, 0.29) is 12.8 Å². The number of carboxylic acid groups (broad SMARTS) is 1. The molecular weight excluding hydrogens is 797 g/mol. The summed E-state index contributed by atoms with van der Waals surface area (Å²) in [5, 5.41) is 19.1. The van der Waals surface area contributed by atoms with Crippen molar-refractivity contribution in [3.05, 3.63) is 97.2 Å². The molecule has 0 amide bonds. The number of hydrogen-bond acceptors (Lipinski definition) is 10. The zero-order chi connectivity index (χ0) is 45.1. The largest absolute Gasteiger partial charge is 0.480 e. The second-order valence-electron chi connectivity index (χ2n) is 14.6. The maximum atomic E-state index is 12.6. The molecule has 0 spiro atoms. The van der Waals surface area contributed by atoms with Gasteiger partial charge in [-0.05, 0) is 77.0 Å². The molecule has 0 aromatic heterocycles. The van der Waals surface area contributed by atoms with Crippen molar-refractivity contribution in [2.75, 3.05) is 19.8 Å². The highest BCUT2D eigenvalue weighted by atomic mass is 31.2. The number of carbonyl (C=O) groups excluding carboxylic acids is 2. The molecule has 0 bridgehead atoms. The lowest BCUT2D eigenvalue weighted by atomic mass is 10.1. The lowest BCUT2D eigenvalue weighted by Crippen LogP contribution is -2.34. The molecule has 4 atom stereocenters. The number of aliphatic hydroxyl groups excluding tert-OH is 1. The van der Waals surface area contributed by atoms with Crippen molar-refractivity contribution in [3.63, 3.8) is 0 Å². The van der Waals surface area contributed by atoms with E-state index in [1.165, 1.54) is 19.3 Å². The van der Waals surface area contributed by atoms with Crippen LogP contribution in [0.4, 0.5) is 0 Å². The number of carboxylic acids is 1. The summed E-state index contributed by atoms with van der Waals surface area (Å²) in [6.45, 7) is 2.46. The van der Waals surface area contributed by atoms with Crippen molar-refractivity contribution in [3.8, 4) is 0 Å². The summed E-state index contributed by atoms with van der Waals surface area (Å²) in [5.41, 5.74) is 5.33. The normalized spacial score (nSPS) is 15.1. The number of allylic oxidation sites excluding steroid dienone is 14. The van der Waals surface area contributed by atoms with Crippen molar-refractivity contribution in [2.45, 2.75) is 167 Å². The van der Waals surface area contributed by atoms with Crippen LogP contribution in [0, 0.1) is 0 Å². The minimum Gasteiger partial charge on any atom is -0.480 e. The van der Waals surface area contributed by atoms with Gasteiger partial charge in [0.25, 0.3) is 0 Å². The number of esters is 2. The van der Waals surface area contributed by atoms with Crippen LogP contribution in [0.5, 0.6) is 0 Å². The minimum atomic E-state index is -4.77. The van der Waals surface area contributed by atoms with E-state index in [9.17, 15) is 28.9 Å². The van der Waals surface area contributed by atoms with Crippen LogP contribution in [0.3, 0.4) is 0 Å². The third kappa shape index (κ3) is 41.5. The minimum absolute atomic E-state index is 0.00808. The second-order valence-corrected chi connectivity index (χ2v) is 16.1. The highest BCUT2D eigenvalue weighted by Gasteiger charge is 2.28. The first kappa shape index (κ1) is 57.4. The summed E-state index contributed by atoms with van der Waals surface area (Å²) in [5.74, 6) is -2.60. The number of hydrogen-bond donors (Lipinski definition) is 4. The SMILES string of the molecule is CC/C=C\C/C=C\C/C=C\C/C=C\C=C/C(O)C/C=C\CCC(=O)OC[C@H](COP(=O)(O)OC[C@H](N)C(=O)O)OC(=O)CCCCCCCCC/C=C\C/C=C\CCCCC. The Morgan fingerprint density at radius 1 is 0.607 bits per heavy atom. The quantitative estimate of drug-likeness (QED) is 0.0150. The van der Waals surface area contributed by atoms with E-state index in [0.29, 0.717) is 19.3 Å². The third-order valence-electron chi connectivity index (χ3n) is 8.91. The number of carbonyl (C=O) groups is 3. The fourth-order valence-corrected chi connectivity index (χ4v) is 6.16. The average Bonchev–Trinajstić information content (AvgIpc) is 3.23. The Bertz CT molecular complexity index is 1420. The highest BCUT2D eigenvalue weighted by molar-refractivity contribution is 7.47. The van der Waals surface area contributed by atoms with Gasteiger partial charge in [0.05, 0.1) is 19.3 Å².